The summed E-state index contributed by atoms with van der Waals surface area (Å²) < 4.78 is 0. The molecule has 1 N–H and O–H groups in total. The van der Waals surface area contributed by atoms with Crippen LogP contribution in [-0.2, 0) is 14.4 Å². The summed E-state index contributed by atoms with van der Waals surface area (Å²) in [5.41, 5.74) is 0.758. The number of carboxylic acid groups (broad SMARTS) is 1. The van der Waals surface area contributed by atoms with Gasteiger partial charge < -0.3 is 14.9 Å². The fourth-order valence-corrected chi connectivity index (χ4v) is 2.77. The van der Waals surface area contributed by atoms with Crippen LogP contribution in [0.15, 0.2) is 24.3 Å². The lowest BCUT2D eigenvalue weighted by Crippen LogP contribution is -2.38. The van der Waals surface area contributed by atoms with Crippen LogP contribution in [0.1, 0.15) is 31.5 Å². The van der Waals surface area contributed by atoms with Gasteiger partial charge in [-0.2, -0.15) is 0 Å². The zero-order valence-corrected chi connectivity index (χ0v) is 13.1. The van der Waals surface area contributed by atoms with Crippen molar-refractivity contribution in [3.8, 4) is 0 Å². The van der Waals surface area contributed by atoms with Crippen LogP contribution in [0.3, 0.4) is 0 Å². The number of halogens is 1. The molecular formula is C15H17ClN2O4. The number of benzene rings is 1. The first kappa shape index (κ1) is 16.3. The number of nitrogens with zero attached hydrogens (tertiary/aromatic N) is 2. The van der Waals surface area contributed by atoms with Gasteiger partial charge in [-0.15, -0.1) is 0 Å². The summed E-state index contributed by atoms with van der Waals surface area (Å²) in [6.45, 7) is 1.65. The quantitative estimate of drug-likeness (QED) is 0.917. The molecule has 0 aliphatic carbocycles. The van der Waals surface area contributed by atoms with Crippen molar-refractivity contribution in [1.82, 2.24) is 9.80 Å². The normalized spacial score (nSPS) is 21.3. The number of carbonyl (C=O) groups is 3. The number of rotatable bonds is 4. The number of hydrogen-bond donors (Lipinski definition) is 1. The van der Waals surface area contributed by atoms with Gasteiger partial charge in [-0.05, 0) is 24.6 Å². The highest BCUT2D eigenvalue weighted by Crippen LogP contribution is 2.34. The molecule has 0 bridgehead atoms. The second-order valence-electron chi connectivity index (χ2n) is 5.25. The van der Waals surface area contributed by atoms with Gasteiger partial charge in [0.15, 0.2) is 0 Å². The van der Waals surface area contributed by atoms with Crippen LogP contribution in [0.4, 0.5) is 0 Å². The summed E-state index contributed by atoms with van der Waals surface area (Å²) in [6.07, 6.45) is -0.931. The van der Waals surface area contributed by atoms with Crippen LogP contribution >= 0.6 is 11.6 Å². The van der Waals surface area contributed by atoms with Gasteiger partial charge in [0.2, 0.25) is 11.8 Å². The van der Waals surface area contributed by atoms with E-state index in [1.807, 2.05) is 0 Å². The maximum atomic E-state index is 12.4. The van der Waals surface area contributed by atoms with Gasteiger partial charge in [-0.1, -0.05) is 23.7 Å². The number of aliphatic carboxylic acids is 1. The third-order valence-electron chi connectivity index (χ3n) is 3.76. The van der Waals surface area contributed by atoms with Gasteiger partial charge in [0.1, 0.15) is 12.2 Å². The molecular weight excluding hydrogens is 308 g/mol. The Morgan fingerprint density at radius 1 is 1.23 bits per heavy atom. The highest BCUT2D eigenvalue weighted by Gasteiger charge is 2.44. The number of carbonyl (C=O) groups excluding carboxylic acids is 2. The number of hydrogen-bond acceptors (Lipinski definition) is 3. The predicted molar refractivity (Wildman–Crippen MR) is 80.1 cm³/mol. The van der Waals surface area contributed by atoms with Gasteiger partial charge in [0.05, 0.1) is 6.42 Å². The van der Waals surface area contributed by atoms with Crippen molar-refractivity contribution in [3.63, 3.8) is 0 Å². The van der Waals surface area contributed by atoms with Gasteiger partial charge >= 0.3 is 5.97 Å². The Bertz CT molecular complexity index is 602. The minimum absolute atomic E-state index is 0.134. The lowest BCUT2D eigenvalue weighted by molar-refractivity contribution is -0.142. The van der Waals surface area contributed by atoms with E-state index in [0.717, 1.165) is 5.56 Å². The van der Waals surface area contributed by atoms with Crippen LogP contribution in [-0.4, -0.2) is 45.8 Å². The van der Waals surface area contributed by atoms with Crippen LogP contribution < -0.4 is 0 Å². The first-order valence-corrected chi connectivity index (χ1v) is 7.26. The van der Waals surface area contributed by atoms with Crippen molar-refractivity contribution in [2.45, 2.75) is 32.0 Å². The molecule has 0 saturated carbocycles. The van der Waals surface area contributed by atoms with Crippen LogP contribution in [0, 0.1) is 0 Å². The molecule has 118 valence electrons. The molecule has 22 heavy (non-hydrogen) atoms. The Labute approximate surface area is 133 Å². The summed E-state index contributed by atoms with van der Waals surface area (Å²) in [5, 5.41) is 9.29. The highest BCUT2D eigenvalue weighted by molar-refractivity contribution is 6.30. The lowest BCUT2D eigenvalue weighted by atomic mass is 10.1. The molecule has 1 saturated heterocycles. The van der Waals surface area contributed by atoms with E-state index in [0.29, 0.717) is 5.02 Å². The Hall–Kier alpha value is -2.08. The predicted octanol–water partition coefficient (Wildman–Crippen LogP) is 1.89. The number of likely N-dealkylation sites (N-methyl/N-ethyl adjacent to an activating group) is 1. The highest BCUT2D eigenvalue weighted by atomic mass is 35.5. The van der Waals surface area contributed by atoms with Crippen LogP contribution in [0.25, 0.3) is 0 Å². The molecule has 0 radical (unpaired) electrons. The van der Waals surface area contributed by atoms with E-state index in [-0.39, 0.29) is 24.7 Å². The molecule has 1 aromatic rings. The zero-order valence-electron chi connectivity index (χ0n) is 12.3. The van der Waals surface area contributed by atoms with Crippen molar-refractivity contribution in [2.75, 3.05) is 7.05 Å². The standard InChI is InChI=1S/C15H17ClN2O4/c1-9-15(22)17(2)14(10-3-5-11(16)6-4-10)18(9)12(19)7-8-13(20)21/h3-6,9,14H,7-8H2,1-2H3,(H,20,21). The molecule has 1 heterocycles. The monoisotopic (exact) mass is 324 g/mol. The van der Waals surface area contributed by atoms with Crippen molar-refractivity contribution in [1.29, 1.82) is 0 Å². The third kappa shape index (κ3) is 3.06. The Morgan fingerprint density at radius 2 is 1.82 bits per heavy atom. The largest absolute Gasteiger partial charge is 0.481 e. The molecule has 0 spiro atoms. The summed E-state index contributed by atoms with van der Waals surface area (Å²) in [4.78, 5) is 38.1. The maximum absolute atomic E-state index is 12.4. The van der Waals surface area contributed by atoms with Crippen molar-refractivity contribution in [3.05, 3.63) is 34.9 Å². The van der Waals surface area contributed by atoms with E-state index in [1.165, 1.54) is 9.80 Å². The van der Waals surface area contributed by atoms with E-state index in [4.69, 9.17) is 16.7 Å². The molecule has 1 aromatic carbocycles. The summed E-state index contributed by atoms with van der Waals surface area (Å²) in [6, 6.07) is 6.28. The summed E-state index contributed by atoms with van der Waals surface area (Å²) in [5.74, 6) is -1.57. The first-order valence-electron chi connectivity index (χ1n) is 6.88. The average molecular weight is 325 g/mol. The molecule has 2 amide bonds. The topological polar surface area (TPSA) is 77.9 Å². The summed E-state index contributed by atoms with van der Waals surface area (Å²) in [7, 11) is 1.63. The Morgan fingerprint density at radius 3 is 2.36 bits per heavy atom. The smallest absolute Gasteiger partial charge is 0.303 e. The zero-order chi connectivity index (χ0) is 16.4. The molecule has 7 heteroatoms. The Balaban J connectivity index is 2.31. The molecule has 2 rings (SSSR count). The van der Waals surface area contributed by atoms with Gasteiger partial charge in [0, 0.05) is 18.5 Å². The average Bonchev–Trinajstić information content (AvgIpc) is 2.70. The van der Waals surface area contributed by atoms with Crippen molar-refractivity contribution >= 4 is 29.4 Å². The van der Waals surface area contributed by atoms with E-state index in [2.05, 4.69) is 0 Å². The van der Waals surface area contributed by atoms with Gasteiger partial charge in [-0.3, -0.25) is 14.4 Å². The number of amides is 2. The lowest BCUT2D eigenvalue weighted by Gasteiger charge is -2.29. The fraction of sp³-hybridized carbons (Fsp3) is 0.400. The molecule has 1 aliphatic rings. The minimum Gasteiger partial charge on any atom is -0.481 e. The SMILES string of the molecule is CC1C(=O)N(C)C(c2ccc(Cl)cc2)N1C(=O)CCC(=O)O. The van der Waals surface area contributed by atoms with Crippen LogP contribution in [0.2, 0.25) is 5.02 Å². The molecule has 2 atom stereocenters. The molecule has 1 fully saturated rings. The van der Waals surface area contributed by atoms with Gasteiger partial charge in [-0.25, -0.2) is 0 Å². The minimum atomic E-state index is -1.04. The van der Waals surface area contributed by atoms with E-state index >= 15 is 0 Å². The number of carboxylic acids is 1. The van der Waals surface area contributed by atoms with E-state index < -0.39 is 18.2 Å². The van der Waals surface area contributed by atoms with Crippen LogP contribution in [0.5, 0.6) is 0 Å². The first-order chi connectivity index (χ1) is 10.3. The van der Waals surface area contributed by atoms with Crippen molar-refractivity contribution < 1.29 is 19.5 Å². The maximum Gasteiger partial charge on any atom is 0.303 e. The van der Waals surface area contributed by atoms with Gasteiger partial charge in [0.25, 0.3) is 0 Å². The van der Waals surface area contributed by atoms with E-state index in [1.54, 1.807) is 38.2 Å². The van der Waals surface area contributed by atoms with Crippen molar-refractivity contribution in [2.24, 2.45) is 0 Å². The Kier molecular flexibility index (Phi) is 4.71. The molecule has 6 nitrogen and oxygen atoms in total. The second kappa shape index (κ2) is 6.36. The molecule has 1 aliphatic heterocycles. The molecule has 0 aromatic heterocycles. The third-order valence-corrected chi connectivity index (χ3v) is 4.01. The summed E-state index contributed by atoms with van der Waals surface area (Å²) >= 11 is 5.87. The fourth-order valence-electron chi connectivity index (χ4n) is 2.65. The van der Waals surface area contributed by atoms with E-state index in [9.17, 15) is 14.4 Å². The second-order valence-corrected chi connectivity index (χ2v) is 5.68. The molecule has 2 unspecified atom stereocenters.